The van der Waals surface area contributed by atoms with Crippen molar-refractivity contribution >= 4 is 17.5 Å². The van der Waals surface area contributed by atoms with Crippen molar-refractivity contribution in [2.45, 2.75) is 18.8 Å². The molecule has 4 unspecified atom stereocenters. The second-order valence-corrected chi connectivity index (χ2v) is 7.89. The van der Waals surface area contributed by atoms with Gasteiger partial charge in [-0.3, -0.25) is 5.41 Å². The fourth-order valence-corrected chi connectivity index (χ4v) is 4.65. The molecule has 0 aliphatic carbocycles. The molecule has 31 heavy (non-hydrogen) atoms. The zero-order valence-electron chi connectivity index (χ0n) is 16.0. The van der Waals surface area contributed by atoms with Gasteiger partial charge in [0.25, 0.3) is 0 Å². The summed E-state index contributed by atoms with van der Waals surface area (Å²) in [4.78, 5) is 0. The Balaban J connectivity index is 2.04. The smallest absolute Gasteiger partial charge is 0.244 e. The van der Waals surface area contributed by atoms with Crippen LogP contribution in [0.1, 0.15) is 24.2 Å². The van der Waals surface area contributed by atoms with Crippen LogP contribution in [0.4, 0.5) is 8.78 Å². The highest BCUT2D eigenvalue weighted by molar-refractivity contribution is 6.30. The number of benzene rings is 2. The van der Waals surface area contributed by atoms with Gasteiger partial charge in [0.15, 0.2) is 17.0 Å². The predicted molar refractivity (Wildman–Crippen MR) is 103 cm³/mol. The number of halogens is 3. The Morgan fingerprint density at radius 1 is 1.00 bits per heavy atom. The van der Waals surface area contributed by atoms with E-state index in [2.05, 4.69) is 0 Å². The Kier molecular flexibility index (Phi) is 4.52. The summed E-state index contributed by atoms with van der Waals surface area (Å²) in [5, 5.41) is 39.3. The molecule has 6 nitrogen and oxygen atoms in total. The quantitative estimate of drug-likeness (QED) is 0.728. The number of hydrogen-bond acceptors (Lipinski definition) is 6. The van der Waals surface area contributed by atoms with E-state index < -0.39 is 46.2 Å². The largest absolute Gasteiger partial charge is 0.443 e. The Bertz CT molecular complexity index is 1220. The molecule has 2 aliphatic heterocycles. The van der Waals surface area contributed by atoms with E-state index in [1.807, 2.05) is 18.2 Å². The first-order valence-electron chi connectivity index (χ1n) is 9.13. The first-order chi connectivity index (χ1) is 14.7. The first-order valence-corrected chi connectivity index (χ1v) is 9.51. The van der Waals surface area contributed by atoms with Crippen LogP contribution in [0.15, 0.2) is 42.5 Å². The second-order valence-electron chi connectivity index (χ2n) is 7.45. The Labute approximate surface area is 181 Å². The minimum Gasteiger partial charge on any atom is -0.443 e. The molecule has 0 saturated carbocycles. The SMILES string of the molecule is CC1C2(c3ccc(Cl)cc3)OC(=N)C1(C#N)C(C#N)(C#N)C(c1ccc(F)c(F)c1)O2. The van der Waals surface area contributed by atoms with Crippen molar-refractivity contribution in [2.75, 3.05) is 0 Å². The van der Waals surface area contributed by atoms with Crippen molar-refractivity contribution in [2.24, 2.45) is 16.7 Å². The standard InChI is InChI=1S/C22H13ClF2N4O2/c1-12-21(11-28)19(29)31-22(12,14-3-5-15(23)6-4-14)30-18(20(21,9-26)10-27)13-2-7-16(24)17(25)8-13/h2-8,12,18,29H,1H3. The van der Waals surface area contributed by atoms with Gasteiger partial charge in [0.05, 0.1) is 24.1 Å². The highest BCUT2D eigenvalue weighted by Gasteiger charge is 2.79. The molecular formula is C22H13ClF2N4O2. The summed E-state index contributed by atoms with van der Waals surface area (Å²) in [6, 6.07) is 14.7. The number of ether oxygens (including phenoxy) is 2. The average Bonchev–Trinajstić information content (AvgIpc) is 2.92. The van der Waals surface area contributed by atoms with Gasteiger partial charge in [0, 0.05) is 10.6 Å². The number of nitrogens with one attached hydrogen (secondary N) is 1. The van der Waals surface area contributed by atoms with Gasteiger partial charge in [-0.15, -0.1) is 0 Å². The molecule has 0 spiro atoms. The van der Waals surface area contributed by atoms with Crippen LogP contribution in [0, 0.1) is 67.8 Å². The highest BCUT2D eigenvalue weighted by atomic mass is 35.5. The minimum atomic E-state index is -2.27. The molecule has 2 aromatic rings. The monoisotopic (exact) mass is 438 g/mol. The van der Waals surface area contributed by atoms with E-state index in [0.29, 0.717) is 10.6 Å². The number of hydrogen-bond donors (Lipinski definition) is 1. The molecule has 2 heterocycles. The fourth-order valence-electron chi connectivity index (χ4n) is 4.53. The Morgan fingerprint density at radius 3 is 2.19 bits per heavy atom. The van der Waals surface area contributed by atoms with E-state index in [1.54, 1.807) is 31.2 Å². The normalized spacial score (nSPS) is 30.5. The molecule has 9 heteroatoms. The van der Waals surface area contributed by atoms with Crippen LogP contribution in [-0.2, 0) is 15.3 Å². The maximum atomic E-state index is 14.0. The van der Waals surface area contributed by atoms with Crippen LogP contribution in [0.25, 0.3) is 0 Å². The highest BCUT2D eigenvalue weighted by Crippen LogP contribution is 2.68. The number of nitrogens with zero attached hydrogens (tertiary/aromatic N) is 3. The van der Waals surface area contributed by atoms with E-state index in [9.17, 15) is 24.6 Å². The first kappa shape index (κ1) is 20.8. The summed E-state index contributed by atoms with van der Waals surface area (Å²) in [6.07, 6.45) is -1.52. The van der Waals surface area contributed by atoms with Crippen molar-refractivity contribution in [3.63, 3.8) is 0 Å². The molecule has 2 saturated heterocycles. The lowest BCUT2D eigenvalue weighted by Crippen LogP contribution is -2.57. The van der Waals surface area contributed by atoms with Gasteiger partial charge in [-0.2, -0.15) is 15.8 Å². The summed E-state index contributed by atoms with van der Waals surface area (Å²) in [7, 11) is 0. The van der Waals surface area contributed by atoms with Crippen molar-refractivity contribution in [3.8, 4) is 18.2 Å². The van der Waals surface area contributed by atoms with Gasteiger partial charge in [0.2, 0.25) is 17.1 Å². The summed E-state index contributed by atoms with van der Waals surface area (Å²) in [5.74, 6) is -5.64. The predicted octanol–water partition coefficient (Wildman–Crippen LogP) is 4.73. The van der Waals surface area contributed by atoms with Gasteiger partial charge in [-0.05, 0) is 29.8 Å². The van der Waals surface area contributed by atoms with Crippen LogP contribution in [0.3, 0.4) is 0 Å². The Morgan fingerprint density at radius 2 is 1.65 bits per heavy atom. The van der Waals surface area contributed by atoms with E-state index >= 15 is 0 Å². The molecule has 1 N–H and O–H groups in total. The minimum absolute atomic E-state index is 0.0369. The third kappa shape index (κ3) is 2.39. The summed E-state index contributed by atoms with van der Waals surface area (Å²) in [6.45, 7) is 1.55. The number of fused-ring (bicyclic) bond motifs is 2. The third-order valence-corrected chi connectivity index (χ3v) is 6.41. The van der Waals surface area contributed by atoms with Crippen molar-refractivity contribution in [3.05, 3.63) is 70.2 Å². The molecule has 154 valence electrons. The van der Waals surface area contributed by atoms with E-state index in [4.69, 9.17) is 26.5 Å². The third-order valence-electron chi connectivity index (χ3n) is 6.16. The summed E-state index contributed by atoms with van der Waals surface area (Å²) < 4.78 is 39.6. The maximum absolute atomic E-state index is 14.0. The molecule has 0 amide bonds. The lowest BCUT2D eigenvalue weighted by molar-refractivity contribution is -0.288. The van der Waals surface area contributed by atoms with Crippen LogP contribution in [0.2, 0.25) is 5.02 Å². The molecular weight excluding hydrogens is 426 g/mol. The van der Waals surface area contributed by atoms with Gasteiger partial charge >= 0.3 is 0 Å². The van der Waals surface area contributed by atoms with Crippen LogP contribution >= 0.6 is 11.6 Å². The average molecular weight is 439 g/mol. The number of rotatable bonds is 2. The zero-order valence-corrected chi connectivity index (χ0v) is 16.7. The zero-order chi connectivity index (χ0) is 22.6. The van der Waals surface area contributed by atoms with Crippen molar-refractivity contribution in [1.82, 2.24) is 0 Å². The van der Waals surface area contributed by atoms with Gasteiger partial charge in [-0.1, -0.05) is 36.7 Å². The van der Waals surface area contributed by atoms with Crippen molar-refractivity contribution < 1.29 is 18.3 Å². The molecule has 2 fully saturated rings. The fraction of sp³-hybridized carbons (Fsp3) is 0.273. The second kappa shape index (κ2) is 6.75. The van der Waals surface area contributed by atoms with E-state index in [1.165, 1.54) is 6.07 Å². The molecule has 2 aromatic carbocycles. The van der Waals surface area contributed by atoms with Crippen LogP contribution in [-0.4, -0.2) is 5.90 Å². The molecule has 4 atom stereocenters. The summed E-state index contributed by atoms with van der Waals surface area (Å²) >= 11 is 5.98. The molecule has 0 radical (unpaired) electrons. The molecule has 2 aliphatic rings. The van der Waals surface area contributed by atoms with Crippen LogP contribution in [0.5, 0.6) is 0 Å². The lowest BCUT2D eigenvalue weighted by Gasteiger charge is -2.48. The van der Waals surface area contributed by atoms with E-state index in [0.717, 1.165) is 12.1 Å². The van der Waals surface area contributed by atoms with Crippen LogP contribution < -0.4 is 0 Å². The van der Waals surface area contributed by atoms with E-state index in [-0.39, 0.29) is 5.56 Å². The van der Waals surface area contributed by atoms with Gasteiger partial charge in [-0.25, -0.2) is 8.78 Å². The topological polar surface area (TPSA) is 114 Å². The maximum Gasteiger partial charge on any atom is 0.244 e. The molecule has 0 aromatic heterocycles. The van der Waals surface area contributed by atoms with Gasteiger partial charge < -0.3 is 9.47 Å². The van der Waals surface area contributed by atoms with Crippen molar-refractivity contribution in [1.29, 1.82) is 21.2 Å². The molecule has 4 rings (SSSR count). The summed E-state index contributed by atoms with van der Waals surface area (Å²) in [5.41, 5.74) is -3.95. The lowest BCUT2D eigenvalue weighted by atomic mass is 9.53. The molecule has 2 bridgehead atoms. The van der Waals surface area contributed by atoms with Gasteiger partial charge in [0.1, 0.15) is 6.10 Å². The Hall–Kier alpha value is -3.51. The number of nitriles is 3.